The fraction of sp³-hybridized carbons (Fsp3) is 1.00. The van der Waals surface area contributed by atoms with Crippen molar-refractivity contribution >= 4 is 0 Å². The number of hydrogen-bond donors (Lipinski definition) is 0. The average Bonchev–Trinajstić information content (AvgIpc) is 2.37. The Morgan fingerprint density at radius 1 is 0.303 bits per heavy atom. The first-order valence-corrected chi connectivity index (χ1v) is 6.58. The van der Waals surface area contributed by atoms with Crippen molar-refractivity contribution in [3.05, 3.63) is 0 Å². The minimum atomic E-state index is -10.2. The summed E-state index contributed by atoms with van der Waals surface area (Å²) < 4.78 is 286. The smallest absolute Gasteiger partial charge is 0.230 e. The molecule has 0 N–H and O–H groups in total. The molecule has 0 amide bonds. The van der Waals surface area contributed by atoms with E-state index in [1.165, 1.54) is 0 Å². The summed E-state index contributed by atoms with van der Waals surface area (Å²) in [5, 5.41) is 0. The molecule has 0 aliphatic carbocycles. The predicted molar refractivity (Wildman–Crippen MR) is 52.2 cm³/mol. The molecule has 0 bridgehead atoms. The molecular weight excluding hydrogens is 554 g/mol. The van der Waals surface area contributed by atoms with Crippen molar-refractivity contribution in [1.29, 1.82) is 0 Å². The van der Waals surface area contributed by atoms with E-state index >= 15 is 0 Å². The van der Waals surface area contributed by atoms with Gasteiger partial charge in [0.15, 0.2) is 0 Å². The highest BCUT2D eigenvalue weighted by atomic mass is 19.5. The number of halogens is 22. The summed E-state index contributed by atoms with van der Waals surface area (Å²) in [5.74, 6) is 0. The predicted octanol–water partition coefficient (Wildman–Crippen LogP) is 7.54. The van der Waals surface area contributed by atoms with Crippen LogP contribution in [0.15, 0.2) is 0 Å². The molecule has 0 aromatic heterocycles. The quantitative estimate of drug-likeness (QED) is 0.327. The van der Waals surface area contributed by atoms with Crippen molar-refractivity contribution in [2.24, 2.45) is 10.8 Å². The molecule has 0 atom stereocenters. The van der Waals surface area contributed by atoms with Crippen LogP contribution in [0.25, 0.3) is 0 Å². The molecule has 0 saturated carbocycles. The molecule has 0 heterocycles. The van der Waals surface area contributed by atoms with Crippen molar-refractivity contribution in [3.63, 3.8) is 0 Å². The van der Waals surface area contributed by atoms with Crippen molar-refractivity contribution in [3.8, 4) is 0 Å². The molecule has 0 radical (unpaired) electrons. The maximum Gasteiger partial charge on any atom is 0.422 e. The molecule has 0 aliphatic heterocycles. The van der Waals surface area contributed by atoms with Gasteiger partial charge in [-0.25, -0.2) is 4.39 Å². The van der Waals surface area contributed by atoms with Gasteiger partial charge in [-0.05, 0) is 4.53 Å². The van der Waals surface area contributed by atoms with Gasteiger partial charge >= 0.3 is 43.2 Å². The fourth-order valence-corrected chi connectivity index (χ4v) is 2.91. The molecule has 0 fully saturated rings. The Morgan fingerprint density at radius 2 is 0.455 bits per heavy atom. The lowest BCUT2D eigenvalue weighted by molar-refractivity contribution is -0.578. The average molecular weight is 554 g/mol. The maximum absolute atomic E-state index is 14.8. The number of hydrogen-bond acceptors (Lipinski definition) is 1. The van der Waals surface area contributed by atoms with Crippen LogP contribution in [0.5, 0.6) is 0 Å². The summed E-state index contributed by atoms with van der Waals surface area (Å²) in [5.41, 5.74) is -30.1. The first-order valence-electron chi connectivity index (χ1n) is 6.58. The standard InChI is InChI=1S/C10F22O/c11-3(10(30,31)33-32,1(4(12,13)14,5(15,16)17)6(18,19)20)2(7(21,22)23,8(24,25)26)9(27,28)29. The SMILES string of the molecule is FOC(F)(F)C(F)(C(C(F)(F)F)(C(F)(F)F)C(F)(F)F)C(C(F)(F)F)(C(F)(F)F)C(F)(F)F. The summed E-state index contributed by atoms with van der Waals surface area (Å²) in [6.07, 6.45) is -64.7. The minimum absolute atomic E-state index is 0.478. The van der Waals surface area contributed by atoms with Crippen LogP contribution in [0.2, 0.25) is 0 Å². The fourth-order valence-electron chi connectivity index (χ4n) is 2.91. The Hall–Kier alpha value is -1.58. The molecule has 1 nitrogen and oxygen atoms in total. The Kier molecular flexibility index (Phi) is 7.10. The van der Waals surface area contributed by atoms with E-state index < -0.39 is 59.7 Å². The molecule has 0 aromatic rings. The van der Waals surface area contributed by atoms with Crippen molar-refractivity contribution < 1.29 is 102 Å². The summed E-state index contributed by atoms with van der Waals surface area (Å²) in [6.45, 7) is 0. The van der Waals surface area contributed by atoms with E-state index in [1.807, 2.05) is 0 Å². The summed E-state index contributed by atoms with van der Waals surface area (Å²) in [6, 6.07) is 0. The van der Waals surface area contributed by atoms with Crippen LogP contribution in [0.3, 0.4) is 0 Å². The van der Waals surface area contributed by atoms with Crippen LogP contribution < -0.4 is 0 Å². The second-order valence-electron chi connectivity index (χ2n) is 5.74. The van der Waals surface area contributed by atoms with Gasteiger partial charge < -0.3 is 0 Å². The Balaban J connectivity index is 9.08. The molecule has 33 heavy (non-hydrogen) atoms. The molecule has 0 saturated heterocycles. The van der Waals surface area contributed by atoms with E-state index in [4.69, 9.17) is 0 Å². The lowest BCUT2D eigenvalue weighted by Gasteiger charge is -2.56. The number of rotatable bonds is 4. The molecule has 0 unspecified atom stereocenters. The van der Waals surface area contributed by atoms with Crippen LogP contribution in [0, 0.1) is 10.8 Å². The Bertz CT molecular complexity index is 570. The van der Waals surface area contributed by atoms with Crippen molar-refractivity contribution in [2.75, 3.05) is 0 Å². The van der Waals surface area contributed by atoms with E-state index in [1.54, 1.807) is 0 Å². The Morgan fingerprint density at radius 3 is 0.545 bits per heavy atom. The summed E-state index contributed by atoms with van der Waals surface area (Å²) in [7, 11) is 0. The zero-order valence-corrected chi connectivity index (χ0v) is 13.7. The summed E-state index contributed by atoms with van der Waals surface area (Å²) in [4.78, 5) is 0.478. The highest BCUT2D eigenvalue weighted by molar-refractivity contribution is 5.27. The molecule has 0 rings (SSSR count). The molecule has 0 spiro atoms. The Labute approximate surface area is 163 Å². The molecule has 23 heteroatoms. The lowest BCUT2D eigenvalue weighted by Crippen LogP contribution is -2.86. The topological polar surface area (TPSA) is 9.23 Å². The third-order valence-corrected chi connectivity index (χ3v) is 4.08. The highest BCUT2D eigenvalue weighted by Gasteiger charge is 3.09. The van der Waals surface area contributed by atoms with Gasteiger partial charge in [0, 0.05) is 0 Å². The van der Waals surface area contributed by atoms with E-state index in [0.717, 1.165) is 0 Å². The van der Waals surface area contributed by atoms with Gasteiger partial charge in [-0.15, -0.1) is 4.94 Å². The van der Waals surface area contributed by atoms with Gasteiger partial charge in [0.25, 0.3) is 16.5 Å². The lowest BCUT2D eigenvalue weighted by atomic mass is 9.55. The highest BCUT2D eigenvalue weighted by Crippen LogP contribution is 2.79. The third kappa shape index (κ3) is 3.62. The van der Waals surface area contributed by atoms with Gasteiger partial charge in [-0.3, -0.25) is 0 Å². The van der Waals surface area contributed by atoms with Crippen LogP contribution in [0.4, 0.5) is 96.7 Å². The molecule has 0 aromatic carbocycles. The largest absolute Gasteiger partial charge is 0.422 e. The molecule has 0 aliphatic rings. The van der Waals surface area contributed by atoms with Gasteiger partial charge in [0.1, 0.15) is 0 Å². The van der Waals surface area contributed by atoms with Crippen molar-refractivity contribution in [1.82, 2.24) is 0 Å². The van der Waals surface area contributed by atoms with Crippen LogP contribution in [0.1, 0.15) is 0 Å². The monoisotopic (exact) mass is 554 g/mol. The van der Waals surface area contributed by atoms with Gasteiger partial charge in [-0.2, -0.15) is 87.8 Å². The van der Waals surface area contributed by atoms with E-state index in [-0.39, 0.29) is 0 Å². The van der Waals surface area contributed by atoms with E-state index in [2.05, 4.69) is 0 Å². The summed E-state index contributed by atoms with van der Waals surface area (Å²) >= 11 is 0. The third-order valence-electron chi connectivity index (χ3n) is 4.08. The van der Waals surface area contributed by atoms with Crippen LogP contribution >= 0.6 is 0 Å². The second kappa shape index (κ2) is 7.46. The van der Waals surface area contributed by atoms with Gasteiger partial charge in [-0.1, -0.05) is 0 Å². The normalized spacial score (nSPS) is 16.9. The second-order valence-corrected chi connectivity index (χ2v) is 5.74. The zero-order chi connectivity index (χ0) is 27.7. The number of alkyl halides is 21. The minimum Gasteiger partial charge on any atom is -0.230 e. The first kappa shape index (κ1) is 31.4. The van der Waals surface area contributed by atoms with Crippen LogP contribution in [-0.4, -0.2) is 48.8 Å². The van der Waals surface area contributed by atoms with Crippen molar-refractivity contribution in [2.45, 2.75) is 48.8 Å². The van der Waals surface area contributed by atoms with Crippen LogP contribution in [-0.2, 0) is 4.94 Å². The van der Waals surface area contributed by atoms with Gasteiger partial charge in [0.05, 0.1) is 0 Å². The van der Waals surface area contributed by atoms with E-state index in [0.29, 0.717) is 4.94 Å². The zero-order valence-electron chi connectivity index (χ0n) is 13.7. The molecular formula is C10F22O. The first-order chi connectivity index (χ1) is 13.8. The maximum atomic E-state index is 14.8. The van der Waals surface area contributed by atoms with Gasteiger partial charge in [0.2, 0.25) is 0 Å². The van der Waals surface area contributed by atoms with E-state index in [9.17, 15) is 96.7 Å². The molecule has 200 valence electrons.